The van der Waals surface area contributed by atoms with Gasteiger partial charge in [-0.2, -0.15) is 0 Å². The van der Waals surface area contributed by atoms with E-state index in [2.05, 4.69) is 0 Å². The van der Waals surface area contributed by atoms with E-state index in [1.807, 2.05) is 0 Å². The third-order valence-corrected chi connectivity index (χ3v) is 3.00. The molecule has 1 aliphatic heterocycles. The Labute approximate surface area is 107 Å². The molecule has 0 N–H and O–H groups in total. The summed E-state index contributed by atoms with van der Waals surface area (Å²) >= 11 is 0. The SMILES string of the molecule is CCOC(=O)N1CCC(CC(=O)N(C)C)C(=O)C1. The first-order valence-electron chi connectivity index (χ1n) is 6.10. The summed E-state index contributed by atoms with van der Waals surface area (Å²) in [7, 11) is 3.33. The molecular weight excluding hydrogens is 236 g/mol. The van der Waals surface area contributed by atoms with Crippen molar-refractivity contribution < 1.29 is 19.1 Å². The number of hydrogen-bond donors (Lipinski definition) is 0. The van der Waals surface area contributed by atoms with Crippen LogP contribution in [-0.4, -0.2) is 61.4 Å². The fraction of sp³-hybridized carbons (Fsp3) is 0.750. The van der Waals surface area contributed by atoms with Gasteiger partial charge in [0.25, 0.3) is 0 Å². The molecule has 0 aliphatic carbocycles. The van der Waals surface area contributed by atoms with Gasteiger partial charge in [0.05, 0.1) is 13.2 Å². The first-order chi connectivity index (χ1) is 8.45. The van der Waals surface area contributed by atoms with Crippen LogP contribution < -0.4 is 0 Å². The standard InChI is InChI=1S/C12H20N2O4/c1-4-18-12(17)14-6-5-9(10(15)8-14)7-11(16)13(2)3/h9H,4-8H2,1-3H3. The largest absolute Gasteiger partial charge is 0.450 e. The molecule has 1 rings (SSSR count). The quantitative estimate of drug-likeness (QED) is 0.738. The van der Waals surface area contributed by atoms with E-state index in [1.165, 1.54) is 9.80 Å². The van der Waals surface area contributed by atoms with Crippen molar-refractivity contribution in [3.8, 4) is 0 Å². The molecule has 1 unspecified atom stereocenters. The molecule has 1 fully saturated rings. The number of likely N-dealkylation sites (tertiary alicyclic amines) is 1. The number of Topliss-reactive ketones (excluding diaryl/α,β-unsaturated/α-hetero) is 1. The van der Waals surface area contributed by atoms with E-state index in [0.717, 1.165) is 0 Å². The number of ether oxygens (including phenoxy) is 1. The molecule has 1 atom stereocenters. The predicted octanol–water partition coefficient (Wildman–Crippen LogP) is 0.512. The number of amides is 2. The second-order valence-electron chi connectivity index (χ2n) is 4.56. The van der Waals surface area contributed by atoms with Crippen LogP contribution in [0.3, 0.4) is 0 Å². The molecule has 102 valence electrons. The van der Waals surface area contributed by atoms with Crippen LogP contribution in [0.25, 0.3) is 0 Å². The van der Waals surface area contributed by atoms with Gasteiger partial charge in [-0.3, -0.25) is 9.59 Å². The van der Waals surface area contributed by atoms with E-state index in [9.17, 15) is 14.4 Å². The van der Waals surface area contributed by atoms with Crippen molar-refractivity contribution in [2.75, 3.05) is 33.8 Å². The summed E-state index contributed by atoms with van der Waals surface area (Å²) in [6.07, 6.45) is 0.294. The van der Waals surface area contributed by atoms with E-state index in [0.29, 0.717) is 19.6 Å². The van der Waals surface area contributed by atoms with Crippen LogP contribution in [0, 0.1) is 5.92 Å². The Morgan fingerprint density at radius 2 is 2.11 bits per heavy atom. The summed E-state index contributed by atoms with van der Waals surface area (Å²) in [5.41, 5.74) is 0. The van der Waals surface area contributed by atoms with E-state index in [-0.39, 0.29) is 30.6 Å². The van der Waals surface area contributed by atoms with Gasteiger partial charge in [-0.05, 0) is 13.3 Å². The maximum Gasteiger partial charge on any atom is 0.410 e. The van der Waals surface area contributed by atoms with Crippen molar-refractivity contribution in [2.24, 2.45) is 5.92 Å². The number of ketones is 1. The summed E-state index contributed by atoms with van der Waals surface area (Å²) < 4.78 is 4.84. The lowest BCUT2D eigenvalue weighted by molar-refractivity contribution is -0.135. The van der Waals surface area contributed by atoms with Crippen LogP contribution in [0.2, 0.25) is 0 Å². The van der Waals surface area contributed by atoms with Crippen molar-refractivity contribution in [1.29, 1.82) is 0 Å². The lowest BCUT2D eigenvalue weighted by atomic mass is 9.92. The molecule has 2 amide bonds. The molecule has 0 saturated carbocycles. The predicted molar refractivity (Wildman–Crippen MR) is 65.0 cm³/mol. The number of carbonyl (C=O) groups excluding carboxylic acids is 3. The summed E-state index contributed by atoms with van der Waals surface area (Å²) in [5, 5.41) is 0. The van der Waals surface area contributed by atoms with Crippen LogP contribution in [0.5, 0.6) is 0 Å². The summed E-state index contributed by atoms with van der Waals surface area (Å²) in [4.78, 5) is 37.7. The normalized spacial score (nSPS) is 19.6. The third kappa shape index (κ3) is 3.72. The van der Waals surface area contributed by atoms with Gasteiger partial charge in [0.2, 0.25) is 5.91 Å². The van der Waals surface area contributed by atoms with Crippen molar-refractivity contribution in [3.63, 3.8) is 0 Å². The molecular formula is C12H20N2O4. The Balaban J connectivity index is 2.49. The molecule has 1 aliphatic rings. The minimum Gasteiger partial charge on any atom is -0.450 e. The molecule has 0 aromatic rings. The highest BCUT2D eigenvalue weighted by atomic mass is 16.6. The Morgan fingerprint density at radius 3 is 2.61 bits per heavy atom. The lowest BCUT2D eigenvalue weighted by Crippen LogP contribution is -2.45. The highest BCUT2D eigenvalue weighted by Gasteiger charge is 2.31. The molecule has 0 spiro atoms. The Kier molecular flexibility index (Phi) is 5.12. The van der Waals surface area contributed by atoms with E-state index in [1.54, 1.807) is 21.0 Å². The lowest BCUT2D eigenvalue weighted by Gasteiger charge is -2.30. The fourth-order valence-corrected chi connectivity index (χ4v) is 1.85. The van der Waals surface area contributed by atoms with Crippen LogP contribution >= 0.6 is 0 Å². The maximum absolute atomic E-state index is 11.9. The van der Waals surface area contributed by atoms with E-state index >= 15 is 0 Å². The van der Waals surface area contributed by atoms with Gasteiger partial charge in [0, 0.05) is 33.0 Å². The zero-order chi connectivity index (χ0) is 13.7. The van der Waals surface area contributed by atoms with Crippen molar-refractivity contribution >= 4 is 17.8 Å². The van der Waals surface area contributed by atoms with Gasteiger partial charge in [0.15, 0.2) is 5.78 Å². The number of rotatable bonds is 3. The number of piperidine rings is 1. The minimum atomic E-state index is -0.455. The van der Waals surface area contributed by atoms with Gasteiger partial charge in [-0.1, -0.05) is 0 Å². The van der Waals surface area contributed by atoms with Crippen LogP contribution in [0.15, 0.2) is 0 Å². The third-order valence-electron chi connectivity index (χ3n) is 3.00. The van der Waals surface area contributed by atoms with Crippen molar-refractivity contribution in [1.82, 2.24) is 9.80 Å². The summed E-state index contributed by atoms with van der Waals surface area (Å²) in [6.45, 7) is 2.54. The van der Waals surface area contributed by atoms with Gasteiger partial charge in [0.1, 0.15) is 0 Å². The highest BCUT2D eigenvalue weighted by molar-refractivity contribution is 5.90. The molecule has 6 heteroatoms. The first kappa shape index (κ1) is 14.5. The molecule has 1 saturated heterocycles. The molecule has 1 heterocycles. The number of carbonyl (C=O) groups is 3. The van der Waals surface area contributed by atoms with Gasteiger partial charge in [-0.15, -0.1) is 0 Å². The average Bonchev–Trinajstić information content (AvgIpc) is 2.31. The zero-order valence-corrected chi connectivity index (χ0v) is 11.1. The minimum absolute atomic E-state index is 0.0458. The topological polar surface area (TPSA) is 66.9 Å². The summed E-state index contributed by atoms with van der Waals surface area (Å²) in [6, 6.07) is 0. The molecule has 0 bridgehead atoms. The van der Waals surface area contributed by atoms with Gasteiger partial charge < -0.3 is 14.5 Å². The Hall–Kier alpha value is -1.59. The second-order valence-corrected chi connectivity index (χ2v) is 4.56. The first-order valence-corrected chi connectivity index (χ1v) is 6.10. The average molecular weight is 256 g/mol. The summed E-state index contributed by atoms with van der Waals surface area (Å²) in [5.74, 6) is -0.395. The molecule has 6 nitrogen and oxygen atoms in total. The molecule has 0 radical (unpaired) electrons. The zero-order valence-electron chi connectivity index (χ0n) is 11.1. The van der Waals surface area contributed by atoms with Gasteiger partial charge >= 0.3 is 6.09 Å². The highest BCUT2D eigenvalue weighted by Crippen LogP contribution is 2.18. The van der Waals surface area contributed by atoms with Gasteiger partial charge in [-0.25, -0.2) is 4.79 Å². The fourth-order valence-electron chi connectivity index (χ4n) is 1.85. The van der Waals surface area contributed by atoms with Crippen LogP contribution in [0.1, 0.15) is 19.8 Å². The van der Waals surface area contributed by atoms with Crippen molar-refractivity contribution in [2.45, 2.75) is 19.8 Å². The second kappa shape index (κ2) is 6.37. The molecule has 0 aromatic heterocycles. The van der Waals surface area contributed by atoms with Crippen LogP contribution in [0.4, 0.5) is 4.79 Å². The van der Waals surface area contributed by atoms with Crippen molar-refractivity contribution in [3.05, 3.63) is 0 Å². The molecule has 0 aromatic carbocycles. The number of nitrogens with zero attached hydrogens (tertiary/aromatic N) is 2. The smallest absolute Gasteiger partial charge is 0.410 e. The van der Waals surface area contributed by atoms with E-state index in [4.69, 9.17) is 4.74 Å². The Bertz CT molecular complexity index is 341. The van der Waals surface area contributed by atoms with E-state index < -0.39 is 6.09 Å². The molecule has 18 heavy (non-hydrogen) atoms. The Morgan fingerprint density at radius 1 is 1.44 bits per heavy atom. The maximum atomic E-state index is 11.9. The number of hydrogen-bond acceptors (Lipinski definition) is 4. The monoisotopic (exact) mass is 256 g/mol. The van der Waals surface area contributed by atoms with Crippen LogP contribution in [-0.2, 0) is 14.3 Å².